The van der Waals surface area contributed by atoms with Gasteiger partial charge in [-0.2, -0.15) is 0 Å². The van der Waals surface area contributed by atoms with Crippen LogP contribution >= 0.6 is 24.0 Å². The topological polar surface area (TPSA) is 78.4 Å². The van der Waals surface area contributed by atoms with Gasteiger partial charge in [-0.1, -0.05) is 18.2 Å². The standard InChI is InChI=1S/C25H36N4O3.HI/c1-4-26-25(27-18-20-10-11-23(32-15-14-30)24(16-20)31-3)28-19(2)21-8-7-9-22(17-21)29-12-5-6-13-29;/h7-11,16-17,19,30H,4-6,12-15,18H2,1-3H3,(H2,26,27,28);1H. The molecule has 0 spiro atoms. The fourth-order valence-corrected chi connectivity index (χ4v) is 3.83. The van der Waals surface area contributed by atoms with Gasteiger partial charge < -0.3 is 30.1 Å². The average Bonchev–Trinajstić information content (AvgIpc) is 3.36. The molecule has 0 bridgehead atoms. The van der Waals surface area contributed by atoms with Crippen LogP contribution in [-0.4, -0.2) is 51.0 Å². The fraction of sp³-hybridized carbons (Fsp3) is 0.480. The first-order valence-electron chi connectivity index (χ1n) is 11.4. The number of ether oxygens (including phenoxy) is 2. The Balaban J connectivity index is 0.00000385. The number of nitrogens with one attached hydrogen (secondary N) is 2. The number of aliphatic imine (C=N–C) groups is 1. The Morgan fingerprint density at radius 1 is 1.15 bits per heavy atom. The van der Waals surface area contributed by atoms with Gasteiger partial charge in [-0.15, -0.1) is 24.0 Å². The molecule has 0 saturated carbocycles. The molecule has 1 aliphatic rings. The summed E-state index contributed by atoms with van der Waals surface area (Å²) in [6.07, 6.45) is 2.54. The van der Waals surface area contributed by atoms with Crippen LogP contribution in [0.15, 0.2) is 47.5 Å². The Bertz CT molecular complexity index is 888. The largest absolute Gasteiger partial charge is 0.493 e. The molecule has 3 rings (SSSR count). The van der Waals surface area contributed by atoms with Crippen LogP contribution in [0.5, 0.6) is 11.5 Å². The lowest BCUT2D eigenvalue weighted by atomic mass is 10.1. The number of halogens is 1. The number of methoxy groups -OCH3 is 1. The van der Waals surface area contributed by atoms with Crippen molar-refractivity contribution in [3.63, 3.8) is 0 Å². The van der Waals surface area contributed by atoms with E-state index in [-0.39, 0.29) is 43.2 Å². The van der Waals surface area contributed by atoms with Gasteiger partial charge >= 0.3 is 0 Å². The summed E-state index contributed by atoms with van der Waals surface area (Å²) in [5.74, 6) is 2.02. The summed E-state index contributed by atoms with van der Waals surface area (Å²) in [7, 11) is 1.61. The van der Waals surface area contributed by atoms with Crippen LogP contribution in [0.1, 0.15) is 43.9 Å². The number of aliphatic hydroxyl groups excluding tert-OH is 1. The van der Waals surface area contributed by atoms with Crippen molar-refractivity contribution in [1.29, 1.82) is 0 Å². The Hall–Kier alpha value is -2.20. The van der Waals surface area contributed by atoms with E-state index in [2.05, 4.69) is 53.6 Å². The molecule has 7 nitrogen and oxygen atoms in total. The second-order valence-corrected chi connectivity index (χ2v) is 7.91. The van der Waals surface area contributed by atoms with Crippen molar-refractivity contribution in [3.8, 4) is 11.5 Å². The summed E-state index contributed by atoms with van der Waals surface area (Å²) in [4.78, 5) is 7.22. The minimum absolute atomic E-state index is 0. The maximum Gasteiger partial charge on any atom is 0.192 e. The van der Waals surface area contributed by atoms with Gasteiger partial charge in [0.15, 0.2) is 17.5 Å². The number of hydrogen-bond acceptors (Lipinski definition) is 5. The predicted molar refractivity (Wildman–Crippen MR) is 145 cm³/mol. The molecule has 1 saturated heterocycles. The third-order valence-corrected chi connectivity index (χ3v) is 5.54. The number of rotatable bonds is 10. The quantitative estimate of drug-likeness (QED) is 0.228. The van der Waals surface area contributed by atoms with Crippen LogP contribution in [0.4, 0.5) is 5.69 Å². The summed E-state index contributed by atoms with van der Waals surface area (Å²) in [6.45, 7) is 7.99. The molecule has 1 heterocycles. The second kappa shape index (κ2) is 14.1. The lowest BCUT2D eigenvalue weighted by Crippen LogP contribution is -2.38. The van der Waals surface area contributed by atoms with Crippen molar-refractivity contribution in [1.82, 2.24) is 10.6 Å². The molecule has 1 aliphatic heterocycles. The summed E-state index contributed by atoms with van der Waals surface area (Å²) in [6, 6.07) is 14.6. The highest BCUT2D eigenvalue weighted by molar-refractivity contribution is 14.0. The molecular weight excluding hydrogens is 531 g/mol. The molecule has 182 valence electrons. The van der Waals surface area contributed by atoms with E-state index in [1.807, 2.05) is 18.2 Å². The smallest absolute Gasteiger partial charge is 0.192 e. The first kappa shape index (κ1) is 27.0. The van der Waals surface area contributed by atoms with Crippen molar-refractivity contribution in [3.05, 3.63) is 53.6 Å². The van der Waals surface area contributed by atoms with Crippen LogP contribution in [0.2, 0.25) is 0 Å². The molecule has 0 amide bonds. The van der Waals surface area contributed by atoms with Crippen molar-refractivity contribution in [2.75, 3.05) is 44.9 Å². The van der Waals surface area contributed by atoms with Crippen LogP contribution in [0.25, 0.3) is 0 Å². The van der Waals surface area contributed by atoms with Gasteiger partial charge in [0.05, 0.1) is 26.3 Å². The molecule has 0 aromatic heterocycles. The van der Waals surface area contributed by atoms with Crippen molar-refractivity contribution >= 4 is 35.6 Å². The SMILES string of the molecule is CCNC(=NCc1ccc(OCCO)c(OC)c1)NC(C)c1cccc(N2CCCC2)c1.I. The first-order chi connectivity index (χ1) is 15.6. The van der Waals surface area contributed by atoms with E-state index >= 15 is 0 Å². The number of hydrogen-bond donors (Lipinski definition) is 3. The van der Waals surface area contributed by atoms with Gasteiger partial charge in [0.25, 0.3) is 0 Å². The Kier molecular flexibility index (Phi) is 11.6. The van der Waals surface area contributed by atoms with E-state index in [0.29, 0.717) is 18.0 Å². The van der Waals surface area contributed by atoms with Crippen molar-refractivity contribution in [2.45, 2.75) is 39.3 Å². The molecular formula is C25H37IN4O3. The van der Waals surface area contributed by atoms with Gasteiger partial charge in [-0.05, 0) is 62.1 Å². The Morgan fingerprint density at radius 3 is 2.64 bits per heavy atom. The van der Waals surface area contributed by atoms with E-state index in [1.165, 1.54) is 24.1 Å². The van der Waals surface area contributed by atoms with Crippen LogP contribution < -0.4 is 25.0 Å². The lowest BCUT2D eigenvalue weighted by molar-refractivity contribution is 0.196. The minimum Gasteiger partial charge on any atom is -0.493 e. The van der Waals surface area contributed by atoms with Crippen molar-refractivity contribution < 1.29 is 14.6 Å². The maximum atomic E-state index is 8.97. The zero-order valence-corrected chi connectivity index (χ0v) is 22.2. The van der Waals surface area contributed by atoms with Gasteiger partial charge in [0.2, 0.25) is 0 Å². The Morgan fingerprint density at radius 2 is 1.94 bits per heavy atom. The monoisotopic (exact) mass is 568 g/mol. The molecule has 0 radical (unpaired) electrons. The number of anilines is 1. The van der Waals surface area contributed by atoms with Crippen molar-refractivity contribution in [2.24, 2.45) is 4.99 Å². The van der Waals surface area contributed by atoms with E-state index in [1.54, 1.807) is 7.11 Å². The van der Waals surface area contributed by atoms with E-state index in [0.717, 1.165) is 31.2 Å². The van der Waals surface area contributed by atoms with E-state index in [9.17, 15) is 0 Å². The number of nitrogens with zero attached hydrogens (tertiary/aromatic N) is 2. The molecule has 2 aromatic rings. The van der Waals surface area contributed by atoms with Gasteiger partial charge in [-0.3, -0.25) is 0 Å². The number of guanidine groups is 1. The second-order valence-electron chi connectivity index (χ2n) is 7.91. The van der Waals surface area contributed by atoms with E-state index in [4.69, 9.17) is 19.6 Å². The van der Waals surface area contributed by atoms with Crippen LogP contribution in [-0.2, 0) is 6.54 Å². The van der Waals surface area contributed by atoms with E-state index < -0.39 is 0 Å². The summed E-state index contributed by atoms with van der Waals surface area (Å²) >= 11 is 0. The normalized spacial score (nSPS) is 14.4. The highest BCUT2D eigenvalue weighted by atomic mass is 127. The average molecular weight is 569 g/mol. The lowest BCUT2D eigenvalue weighted by Gasteiger charge is -2.22. The fourth-order valence-electron chi connectivity index (χ4n) is 3.83. The molecule has 2 aromatic carbocycles. The summed E-state index contributed by atoms with van der Waals surface area (Å²) in [5.41, 5.74) is 3.55. The summed E-state index contributed by atoms with van der Waals surface area (Å²) < 4.78 is 10.9. The summed E-state index contributed by atoms with van der Waals surface area (Å²) in [5, 5.41) is 15.8. The number of aliphatic hydroxyl groups is 1. The highest BCUT2D eigenvalue weighted by Crippen LogP contribution is 2.28. The van der Waals surface area contributed by atoms with Gasteiger partial charge in [-0.25, -0.2) is 4.99 Å². The Labute approximate surface area is 214 Å². The first-order valence-corrected chi connectivity index (χ1v) is 11.4. The third-order valence-electron chi connectivity index (χ3n) is 5.54. The molecule has 1 unspecified atom stereocenters. The van der Waals surface area contributed by atoms with Crippen LogP contribution in [0.3, 0.4) is 0 Å². The third kappa shape index (κ3) is 7.96. The molecule has 3 N–H and O–H groups in total. The zero-order valence-electron chi connectivity index (χ0n) is 19.8. The van der Waals surface area contributed by atoms with Crippen LogP contribution in [0, 0.1) is 0 Å². The minimum atomic E-state index is -0.0357. The predicted octanol–water partition coefficient (Wildman–Crippen LogP) is 4.10. The molecule has 33 heavy (non-hydrogen) atoms. The molecule has 1 fully saturated rings. The van der Waals surface area contributed by atoms with Gasteiger partial charge in [0.1, 0.15) is 6.61 Å². The molecule has 1 atom stereocenters. The van der Waals surface area contributed by atoms with Gasteiger partial charge in [0, 0.05) is 25.3 Å². The maximum absolute atomic E-state index is 8.97. The number of benzene rings is 2. The molecule has 8 heteroatoms. The zero-order chi connectivity index (χ0) is 22.8. The molecule has 0 aliphatic carbocycles. The highest BCUT2D eigenvalue weighted by Gasteiger charge is 2.14.